The van der Waals surface area contributed by atoms with Gasteiger partial charge in [-0.1, -0.05) is 30.3 Å². The van der Waals surface area contributed by atoms with Crippen LogP contribution in [0.5, 0.6) is 0 Å². The largest absolute Gasteiger partial charge is 0.363 e. The lowest BCUT2D eigenvalue weighted by molar-refractivity contribution is -0.266. The molecule has 2 aliphatic heterocycles. The molecule has 24 heavy (non-hydrogen) atoms. The van der Waals surface area contributed by atoms with Crippen molar-refractivity contribution in [3.05, 3.63) is 35.9 Å². The van der Waals surface area contributed by atoms with Crippen molar-refractivity contribution in [2.45, 2.75) is 50.3 Å². The molecule has 5 heteroatoms. The Morgan fingerprint density at radius 3 is 2.88 bits per heavy atom. The summed E-state index contributed by atoms with van der Waals surface area (Å²) in [6.07, 6.45) is 2.41. The Bertz CT molecular complexity index is 621. The number of fused-ring (bicyclic) bond motifs is 2. The van der Waals surface area contributed by atoms with Crippen LogP contribution in [-0.2, 0) is 20.7 Å². The fourth-order valence-electron chi connectivity index (χ4n) is 4.20. The van der Waals surface area contributed by atoms with E-state index in [1.807, 2.05) is 17.8 Å². The first kappa shape index (κ1) is 16.6. The number of Topliss-reactive ketones (excluding diaryl/α,β-unsaturated/α-hetero) is 1. The van der Waals surface area contributed by atoms with Crippen LogP contribution in [0.3, 0.4) is 0 Å². The van der Waals surface area contributed by atoms with Gasteiger partial charge in [-0.3, -0.25) is 4.79 Å². The molecule has 0 radical (unpaired) electrons. The van der Waals surface area contributed by atoms with E-state index >= 15 is 0 Å². The fraction of sp³-hybridized carbons (Fsp3) is 0.632. The molecule has 2 saturated heterocycles. The van der Waals surface area contributed by atoms with Gasteiger partial charge in [0.2, 0.25) is 0 Å². The molecule has 3 fully saturated rings. The van der Waals surface area contributed by atoms with E-state index in [-0.39, 0.29) is 24.0 Å². The third-order valence-electron chi connectivity index (χ3n) is 5.71. The van der Waals surface area contributed by atoms with Crippen molar-refractivity contribution in [3.8, 4) is 0 Å². The minimum absolute atomic E-state index is 0.0591. The SMILES string of the molecule is C[C@]12CC(=O)[C@H]3C[C@@]1(O)O[C@@H](O2)[C@H]3CSCCCc1ccccc1. The van der Waals surface area contributed by atoms with E-state index in [1.165, 1.54) is 5.56 Å². The fourth-order valence-corrected chi connectivity index (χ4v) is 5.38. The molecule has 3 bridgehead atoms. The van der Waals surface area contributed by atoms with Crippen molar-refractivity contribution in [1.82, 2.24) is 0 Å². The minimum Gasteiger partial charge on any atom is -0.363 e. The summed E-state index contributed by atoms with van der Waals surface area (Å²) < 4.78 is 11.7. The molecule has 2 heterocycles. The maximum absolute atomic E-state index is 12.4. The molecule has 4 nitrogen and oxygen atoms in total. The number of carbonyl (C=O) groups excluding carboxylic acids is 1. The molecule has 1 aromatic carbocycles. The first-order valence-electron chi connectivity index (χ1n) is 8.73. The second-order valence-corrected chi connectivity index (χ2v) is 8.55. The summed E-state index contributed by atoms with van der Waals surface area (Å²) in [5.41, 5.74) is 0.503. The highest BCUT2D eigenvalue weighted by Crippen LogP contribution is 2.56. The number of hydrogen-bond donors (Lipinski definition) is 1. The van der Waals surface area contributed by atoms with Gasteiger partial charge >= 0.3 is 0 Å². The van der Waals surface area contributed by atoms with Gasteiger partial charge in [0.1, 0.15) is 11.4 Å². The summed E-state index contributed by atoms with van der Waals surface area (Å²) in [6.45, 7) is 1.80. The Morgan fingerprint density at radius 2 is 2.08 bits per heavy atom. The Kier molecular flexibility index (Phi) is 4.23. The zero-order valence-electron chi connectivity index (χ0n) is 13.9. The normalized spacial score (nSPS) is 40.2. The third-order valence-corrected chi connectivity index (χ3v) is 6.91. The van der Waals surface area contributed by atoms with E-state index in [4.69, 9.17) is 9.47 Å². The van der Waals surface area contributed by atoms with Crippen LogP contribution >= 0.6 is 11.8 Å². The zero-order chi connectivity index (χ0) is 16.8. The van der Waals surface area contributed by atoms with Gasteiger partial charge < -0.3 is 14.6 Å². The highest BCUT2D eigenvalue weighted by atomic mass is 32.2. The van der Waals surface area contributed by atoms with Crippen LogP contribution in [0.15, 0.2) is 30.3 Å². The summed E-state index contributed by atoms with van der Waals surface area (Å²) in [6, 6.07) is 10.5. The number of hydrogen-bond acceptors (Lipinski definition) is 5. The second kappa shape index (κ2) is 6.13. The third kappa shape index (κ3) is 2.71. The number of ether oxygens (including phenoxy) is 2. The predicted octanol–water partition coefficient (Wildman–Crippen LogP) is 2.78. The average Bonchev–Trinajstić information content (AvgIpc) is 2.72. The lowest BCUT2D eigenvalue weighted by Crippen LogP contribution is -2.59. The lowest BCUT2D eigenvalue weighted by atomic mass is 9.70. The molecule has 4 rings (SSSR count). The Labute approximate surface area is 146 Å². The van der Waals surface area contributed by atoms with Crippen LogP contribution < -0.4 is 0 Å². The van der Waals surface area contributed by atoms with Crippen LogP contribution in [0.25, 0.3) is 0 Å². The summed E-state index contributed by atoms with van der Waals surface area (Å²) in [4.78, 5) is 12.4. The van der Waals surface area contributed by atoms with E-state index in [0.717, 1.165) is 24.3 Å². The van der Waals surface area contributed by atoms with E-state index in [0.29, 0.717) is 6.42 Å². The first-order valence-corrected chi connectivity index (χ1v) is 9.89. The number of carbonyl (C=O) groups is 1. The molecule has 130 valence electrons. The molecule has 1 aromatic rings. The molecule has 5 atom stereocenters. The van der Waals surface area contributed by atoms with Gasteiger partial charge in [-0.25, -0.2) is 0 Å². The molecule has 0 amide bonds. The molecule has 1 saturated carbocycles. The zero-order valence-corrected chi connectivity index (χ0v) is 14.8. The predicted molar refractivity (Wildman–Crippen MR) is 92.6 cm³/mol. The first-order chi connectivity index (χ1) is 11.5. The molecular formula is C19H24O4S. The monoisotopic (exact) mass is 348 g/mol. The molecule has 3 aliphatic rings. The summed E-state index contributed by atoms with van der Waals surface area (Å²) in [7, 11) is 0. The highest BCUT2D eigenvalue weighted by Gasteiger charge is 2.69. The topological polar surface area (TPSA) is 55.8 Å². The summed E-state index contributed by atoms with van der Waals surface area (Å²) in [5, 5.41) is 10.6. The Balaban J connectivity index is 1.30. The molecule has 0 unspecified atom stereocenters. The molecule has 0 aromatic heterocycles. The molecule has 0 spiro atoms. The quantitative estimate of drug-likeness (QED) is 0.801. The van der Waals surface area contributed by atoms with Crippen LogP contribution in [-0.4, -0.2) is 40.1 Å². The highest BCUT2D eigenvalue weighted by molar-refractivity contribution is 7.99. The summed E-state index contributed by atoms with van der Waals surface area (Å²) in [5.74, 6) is 0.797. The lowest BCUT2D eigenvalue weighted by Gasteiger charge is -2.45. The Morgan fingerprint density at radius 1 is 1.29 bits per heavy atom. The molecular weight excluding hydrogens is 324 g/mol. The number of aliphatic hydroxyl groups is 1. The van der Waals surface area contributed by atoms with E-state index < -0.39 is 17.7 Å². The number of thioether (sulfide) groups is 1. The number of aryl methyl sites for hydroxylation is 1. The Hall–Kier alpha value is -0.880. The van der Waals surface area contributed by atoms with Crippen LogP contribution in [0.1, 0.15) is 31.7 Å². The van der Waals surface area contributed by atoms with Crippen LogP contribution in [0, 0.1) is 11.8 Å². The molecule has 1 N–H and O–H groups in total. The van der Waals surface area contributed by atoms with Crippen LogP contribution in [0.4, 0.5) is 0 Å². The van der Waals surface area contributed by atoms with Crippen molar-refractivity contribution in [2.24, 2.45) is 11.8 Å². The van der Waals surface area contributed by atoms with Crippen molar-refractivity contribution in [2.75, 3.05) is 11.5 Å². The minimum atomic E-state index is -1.27. The maximum atomic E-state index is 12.4. The molecule has 1 aliphatic carbocycles. The standard InChI is InChI=1S/C19H24O4S/c1-18-11-16(20)14-10-19(18,21)23-17(22-18)15(14)12-24-9-5-8-13-6-3-2-4-7-13/h2-4,6-7,14-15,17,21H,5,8-12H2,1H3/t14-,15-,17+,18-,19+/m0/s1. The van der Waals surface area contributed by atoms with Gasteiger partial charge in [-0.2, -0.15) is 11.8 Å². The number of ketones is 1. The van der Waals surface area contributed by atoms with Gasteiger partial charge in [-0.15, -0.1) is 0 Å². The number of benzene rings is 1. The van der Waals surface area contributed by atoms with Crippen LogP contribution in [0.2, 0.25) is 0 Å². The maximum Gasteiger partial charge on any atom is 0.198 e. The van der Waals surface area contributed by atoms with Gasteiger partial charge in [0.15, 0.2) is 12.1 Å². The van der Waals surface area contributed by atoms with E-state index in [2.05, 4.69) is 24.3 Å². The van der Waals surface area contributed by atoms with Gasteiger partial charge in [-0.05, 0) is 31.1 Å². The average molecular weight is 348 g/mol. The van der Waals surface area contributed by atoms with Crippen molar-refractivity contribution < 1.29 is 19.4 Å². The van der Waals surface area contributed by atoms with E-state index in [9.17, 15) is 9.90 Å². The van der Waals surface area contributed by atoms with Gasteiger partial charge in [0.25, 0.3) is 0 Å². The van der Waals surface area contributed by atoms with Gasteiger partial charge in [0, 0.05) is 30.4 Å². The summed E-state index contributed by atoms with van der Waals surface area (Å²) >= 11 is 1.86. The van der Waals surface area contributed by atoms with Gasteiger partial charge in [0.05, 0.1) is 0 Å². The second-order valence-electron chi connectivity index (χ2n) is 7.40. The van der Waals surface area contributed by atoms with Crippen molar-refractivity contribution in [3.63, 3.8) is 0 Å². The smallest absolute Gasteiger partial charge is 0.198 e. The van der Waals surface area contributed by atoms with Crippen molar-refractivity contribution in [1.29, 1.82) is 0 Å². The van der Waals surface area contributed by atoms with Crippen molar-refractivity contribution >= 4 is 17.5 Å². The number of rotatable bonds is 6. The van der Waals surface area contributed by atoms with E-state index in [1.54, 1.807) is 6.92 Å².